The number of nitrogen functional groups attached to an aromatic ring is 2. The lowest BCUT2D eigenvalue weighted by Crippen LogP contribution is -2.05. The second-order valence-corrected chi connectivity index (χ2v) is 4.10. The van der Waals surface area contributed by atoms with E-state index in [0.29, 0.717) is 27.5 Å². The molecule has 0 aliphatic rings. The minimum atomic E-state index is -0.906. The van der Waals surface area contributed by atoms with Crippen molar-refractivity contribution < 1.29 is 5.11 Å². The van der Waals surface area contributed by atoms with Crippen LogP contribution in [0.5, 0.6) is 0 Å². The van der Waals surface area contributed by atoms with Crippen LogP contribution in [0.4, 0.5) is 11.4 Å². The van der Waals surface area contributed by atoms with Crippen molar-refractivity contribution >= 4 is 23.0 Å². The zero-order chi connectivity index (χ0) is 12.4. The number of pyridine rings is 1. The number of hydrogen-bond acceptors (Lipinski definition) is 4. The Bertz CT molecular complexity index is 545. The Hall–Kier alpha value is -1.78. The van der Waals surface area contributed by atoms with E-state index in [1.54, 1.807) is 30.5 Å². The van der Waals surface area contributed by atoms with Crippen LogP contribution in [0, 0.1) is 0 Å². The molecule has 1 aromatic heterocycles. The molecule has 2 rings (SSSR count). The Labute approximate surface area is 104 Å². The first-order chi connectivity index (χ1) is 8.09. The lowest BCUT2D eigenvalue weighted by molar-refractivity contribution is 0.221. The van der Waals surface area contributed by atoms with Crippen LogP contribution in [0.15, 0.2) is 36.7 Å². The summed E-state index contributed by atoms with van der Waals surface area (Å²) >= 11 is 6.03. The number of aromatic nitrogens is 1. The fraction of sp³-hybridized carbons (Fsp3) is 0.0833. The third-order valence-corrected chi connectivity index (χ3v) is 2.83. The van der Waals surface area contributed by atoms with Gasteiger partial charge in [-0.25, -0.2) is 0 Å². The van der Waals surface area contributed by atoms with Crippen LogP contribution in [-0.2, 0) is 0 Å². The van der Waals surface area contributed by atoms with Gasteiger partial charge in [0.2, 0.25) is 0 Å². The summed E-state index contributed by atoms with van der Waals surface area (Å²) in [6.45, 7) is 0. The van der Waals surface area contributed by atoms with Crippen molar-refractivity contribution in [2.45, 2.75) is 6.10 Å². The molecule has 0 amide bonds. The topological polar surface area (TPSA) is 85.2 Å². The summed E-state index contributed by atoms with van der Waals surface area (Å²) in [6, 6.07) is 6.57. The number of halogens is 1. The lowest BCUT2D eigenvalue weighted by Gasteiger charge is -2.14. The second-order valence-electron chi connectivity index (χ2n) is 3.69. The van der Waals surface area contributed by atoms with Gasteiger partial charge < -0.3 is 16.6 Å². The number of rotatable bonds is 2. The predicted molar refractivity (Wildman–Crippen MR) is 68.6 cm³/mol. The molecule has 5 heteroatoms. The first-order valence-corrected chi connectivity index (χ1v) is 5.39. The molecule has 0 saturated heterocycles. The second kappa shape index (κ2) is 4.61. The van der Waals surface area contributed by atoms with E-state index in [4.69, 9.17) is 23.1 Å². The minimum Gasteiger partial charge on any atom is -0.399 e. The van der Waals surface area contributed by atoms with Crippen LogP contribution >= 0.6 is 11.6 Å². The summed E-state index contributed by atoms with van der Waals surface area (Å²) in [6.07, 6.45) is 2.18. The number of aliphatic hydroxyl groups excluding tert-OH is 1. The Kier molecular flexibility index (Phi) is 3.17. The minimum absolute atomic E-state index is 0.403. The average Bonchev–Trinajstić information content (AvgIpc) is 2.29. The lowest BCUT2D eigenvalue weighted by atomic mass is 10.0. The third kappa shape index (κ3) is 2.33. The van der Waals surface area contributed by atoms with Gasteiger partial charge in [-0.05, 0) is 18.2 Å². The van der Waals surface area contributed by atoms with Gasteiger partial charge in [-0.3, -0.25) is 4.98 Å². The Morgan fingerprint density at radius 2 is 1.94 bits per heavy atom. The molecule has 0 radical (unpaired) electrons. The normalized spacial score (nSPS) is 12.4. The molecular weight excluding hydrogens is 238 g/mol. The van der Waals surface area contributed by atoms with E-state index in [2.05, 4.69) is 4.98 Å². The molecule has 0 bridgehead atoms. The molecule has 5 N–H and O–H groups in total. The van der Waals surface area contributed by atoms with Gasteiger partial charge in [0.15, 0.2) is 0 Å². The van der Waals surface area contributed by atoms with Gasteiger partial charge in [0.05, 0.1) is 0 Å². The van der Waals surface area contributed by atoms with Crippen LogP contribution in [0.2, 0.25) is 5.02 Å². The van der Waals surface area contributed by atoms with Crippen molar-refractivity contribution in [2.75, 3.05) is 11.5 Å². The molecule has 1 atom stereocenters. The monoisotopic (exact) mass is 249 g/mol. The molecule has 17 heavy (non-hydrogen) atoms. The van der Waals surface area contributed by atoms with E-state index in [1.807, 2.05) is 0 Å². The van der Waals surface area contributed by atoms with Crippen molar-refractivity contribution in [3.8, 4) is 0 Å². The van der Waals surface area contributed by atoms with Gasteiger partial charge in [-0.15, -0.1) is 0 Å². The average molecular weight is 250 g/mol. The molecular formula is C12H12ClN3O. The van der Waals surface area contributed by atoms with E-state index in [-0.39, 0.29) is 0 Å². The van der Waals surface area contributed by atoms with E-state index in [0.717, 1.165) is 0 Å². The van der Waals surface area contributed by atoms with Gasteiger partial charge >= 0.3 is 0 Å². The maximum atomic E-state index is 10.2. The van der Waals surface area contributed by atoms with Crippen LogP contribution < -0.4 is 11.5 Å². The number of aliphatic hydroxyl groups is 1. The highest BCUT2D eigenvalue weighted by Gasteiger charge is 2.16. The standard InChI is InChI=1S/C12H12ClN3O/c13-10-5-7(14)1-2-8(10)12(17)9-6-16-4-3-11(9)15/h1-6,12,17H,14H2,(H2,15,16). The SMILES string of the molecule is Nc1ccc(C(O)c2cnccc2N)c(Cl)c1. The van der Waals surface area contributed by atoms with Gasteiger partial charge in [0.25, 0.3) is 0 Å². The molecule has 2 aromatic rings. The summed E-state index contributed by atoms with van der Waals surface area (Å²) in [5.41, 5.74) is 13.5. The van der Waals surface area contributed by atoms with Crippen LogP contribution in [0.1, 0.15) is 17.2 Å². The Morgan fingerprint density at radius 1 is 1.18 bits per heavy atom. The summed E-state index contributed by atoms with van der Waals surface area (Å²) in [5.74, 6) is 0. The number of nitrogens with zero attached hydrogens (tertiary/aromatic N) is 1. The number of anilines is 2. The molecule has 0 spiro atoms. The van der Waals surface area contributed by atoms with Crippen molar-refractivity contribution in [1.29, 1.82) is 0 Å². The first kappa shape index (κ1) is 11.7. The predicted octanol–water partition coefficient (Wildman–Crippen LogP) is 1.98. The molecule has 0 aliphatic heterocycles. The molecule has 88 valence electrons. The highest BCUT2D eigenvalue weighted by atomic mass is 35.5. The summed E-state index contributed by atoms with van der Waals surface area (Å²) in [5, 5.41) is 10.6. The largest absolute Gasteiger partial charge is 0.399 e. The highest BCUT2D eigenvalue weighted by molar-refractivity contribution is 6.31. The number of benzene rings is 1. The van der Waals surface area contributed by atoms with E-state index in [9.17, 15) is 5.11 Å². The van der Waals surface area contributed by atoms with Gasteiger partial charge in [-0.1, -0.05) is 17.7 Å². The summed E-state index contributed by atoms with van der Waals surface area (Å²) in [4.78, 5) is 3.93. The fourth-order valence-corrected chi connectivity index (χ4v) is 1.87. The summed E-state index contributed by atoms with van der Waals surface area (Å²) in [7, 11) is 0. The van der Waals surface area contributed by atoms with Crippen molar-refractivity contribution in [1.82, 2.24) is 4.98 Å². The van der Waals surface area contributed by atoms with Crippen molar-refractivity contribution in [3.63, 3.8) is 0 Å². The molecule has 1 unspecified atom stereocenters. The van der Waals surface area contributed by atoms with Crippen molar-refractivity contribution in [2.24, 2.45) is 0 Å². The van der Waals surface area contributed by atoms with Gasteiger partial charge in [-0.2, -0.15) is 0 Å². The Morgan fingerprint density at radius 3 is 2.59 bits per heavy atom. The van der Waals surface area contributed by atoms with Crippen molar-refractivity contribution in [3.05, 3.63) is 52.8 Å². The number of hydrogen-bond donors (Lipinski definition) is 3. The van der Waals surface area contributed by atoms with Crippen LogP contribution in [-0.4, -0.2) is 10.1 Å². The van der Waals surface area contributed by atoms with E-state index < -0.39 is 6.10 Å². The number of nitrogens with two attached hydrogens (primary N) is 2. The summed E-state index contributed by atoms with van der Waals surface area (Å²) < 4.78 is 0. The van der Waals surface area contributed by atoms with E-state index in [1.165, 1.54) is 6.20 Å². The Balaban J connectivity index is 2.44. The van der Waals surface area contributed by atoms with Crippen LogP contribution in [0.3, 0.4) is 0 Å². The molecule has 0 saturated carbocycles. The molecule has 0 fully saturated rings. The first-order valence-electron chi connectivity index (χ1n) is 5.02. The van der Waals surface area contributed by atoms with Gasteiger partial charge in [0.1, 0.15) is 6.10 Å². The molecule has 4 nitrogen and oxygen atoms in total. The molecule has 1 heterocycles. The molecule has 0 aliphatic carbocycles. The maximum Gasteiger partial charge on any atom is 0.109 e. The van der Waals surface area contributed by atoms with E-state index >= 15 is 0 Å². The zero-order valence-corrected chi connectivity index (χ0v) is 9.72. The highest BCUT2D eigenvalue weighted by Crippen LogP contribution is 2.31. The van der Waals surface area contributed by atoms with Gasteiger partial charge in [0, 0.05) is 39.9 Å². The zero-order valence-electron chi connectivity index (χ0n) is 8.97. The smallest absolute Gasteiger partial charge is 0.109 e. The third-order valence-electron chi connectivity index (χ3n) is 2.50. The molecule has 1 aromatic carbocycles. The van der Waals surface area contributed by atoms with Crippen LogP contribution in [0.25, 0.3) is 0 Å². The fourth-order valence-electron chi connectivity index (χ4n) is 1.58. The maximum absolute atomic E-state index is 10.2. The quantitative estimate of drug-likeness (QED) is 0.711.